The van der Waals surface area contributed by atoms with E-state index in [0.717, 1.165) is 24.2 Å². The molecule has 134 valence electrons. The number of thiophene rings is 2. The Hall–Kier alpha value is -1.66. The molecule has 2 N–H and O–H groups in total. The first kappa shape index (κ1) is 17.7. The number of rotatable bonds is 4. The summed E-state index contributed by atoms with van der Waals surface area (Å²) in [4.78, 5) is 16.8. The maximum atomic E-state index is 12.7. The predicted octanol–water partition coefficient (Wildman–Crippen LogP) is 3.94. The van der Waals surface area contributed by atoms with Crippen molar-refractivity contribution in [2.75, 3.05) is 18.4 Å². The van der Waals surface area contributed by atoms with Crippen LogP contribution in [0, 0.1) is 6.92 Å². The van der Waals surface area contributed by atoms with Crippen LogP contribution in [0.2, 0.25) is 5.02 Å². The van der Waals surface area contributed by atoms with Gasteiger partial charge in [0.1, 0.15) is 6.04 Å². The van der Waals surface area contributed by atoms with Crippen LogP contribution in [0.4, 0.5) is 5.69 Å². The van der Waals surface area contributed by atoms with Crippen molar-refractivity contribution in [3.63, 3.8) is 0 Å². The lowest BCUT2D eigenvalue weighted by atomic mass is 9.98. The third kappa shape index (κ3) is 3.58. The second-order valence-electron chi connectivity index (χ2n) is 6.59. The minimum Gasteiger partial charge on any atom is -0.321 e. The standard InChI is InChI=1S/C20H19ClN2OS2/c1-13-11-14(21)4-5-16(13)22-19(24)12-23-8-6-17-15(7-10-26-17)20(23)18-3-2-9-25-18/h2-5,7,9-11,20H,6,8,12H2,1H3,(H,22,24)/p+1/t20-/m0/s1. The second kappa shape index (κ2) is 7.53. The molecule has 0 saturated carbocycles. The largest absolute Gasteiger partial charge is 0.321 e. The smallest absolute Gasteiger partial charge is 0.279 e. The normalized spacial score (nSPS) is 19.2. The molecule has 3 aromatic rings. The number of benzene rings is 1. The zero-order valence-electron chi connectivity index (χ0n) is 14.4. The maximum absolute atomic E-state index is 12.7. The summed E-state index contributed by atoms with van der Waals surface area (Å²) < 4.78 is 0. The third-order valence-corrected chi connectivity index (χ3v) is 7.02. The number of fused-ring (bicyclic) bond motifs is 1. The molecule has 1 amide bonds. The summed E-state index contributed by atoms with van der Waals surface area (Å²) in [5.74, 6) is 0.0469. The lowest BCUT2D eigenvalue weighted by Gasteiger charge is -2.31. The Bertz CT molecular complexity index is 920. The number of hydrogen-bond donors (Lipinski definition) is 2. The van der Waals surface area contributed by atoms with Gasteiger partial charge in [-0.1, -0.05) is 17.7 Å². The summed E-state index contributed by atoms with van der Waals surface area (Å²) in [5.41, 5.74) is 3.20. The Morgan fingerprint density at radius 2 is 2.15 bits per heavy atom. The molecule has 3 nitrogen and oxygen atoms in total. The summed E-state index contributed by atoms with van der Waals surface area (Å²) in [5, 5.41) is 8.03. The summed E-state index contributed by atoms with van der Waals surface area (Å²) in [6.07, 6.45) is 1.04. The molecule has 1 aromatic carbocycles. The van der Waals surface area contributed by atoms with Gasteiger partial charge in [-0.25, -0.2) is 0 Å². The number of amides is 1. The fraction of sp³-hybridized carbons (Fsp3) is 0.250. The van der Waals surface area contributed by atoms with Crippen LogP contribution in [0.25, 0.3) is 0 Å². The summed E-state index contributed by atoms with van der Waals surface area (Å²) in [6, 6.07) is 12.3. The van der Waals surface area contributed by atoms with E-state index in [2.05, 4.69) is 34.3 Å². The third-order valence-electron chi connectivity index (χ3n) is 4.85. The quantitative estimate of drug-likeness (QED) is 0.679. The monoisotopic (exact) mass is 403 g/mol. The van der Waals surface area contributed by atoms with Gasteiger partial charge in [0.2, 0.25) is 0 Å². The molecular weight excluding hydrogens is 384 g/mol. The van der Waals surface area contributed by atoms with E-state index in [0.29, 0.717) is 11.6 Å². The van der Waals surface area contributed by atoms with Crippen LogP contribution in [-0.4, -0.2) is 19.0 Å². The van der Waals surface area contributed by atoms with E-state index in [1.54, 1.807) is 11.3 Å². The number of anilines is 1. The Morgan fingerprint density at radius 3 is 2.92 bits per heavy atom. The van der Waals surface area contributed by atoms with Crippen LogP contribution in [0.5, 0.6) is 0 Å². The van der Waals surface area contributed by atoms with Gasteiger partial charge >= 0.3 is 0 Å². The van der Waals surface area contributed by atoms with E-state index in [4.69, 9.17) is 11.6 Å². The Kier molecular flexibility index (Phi) is 5.14. The highest BCUT2D eigenvalue weighted by Gasteiger charge is 2.35. The minimum atomic E-state index is 0.0469. The molecule has 6 heteroatoms. The molecule has 0 bridgehead atoms. The highest BCUT2D eigenvalue weighted by molar-refractivity contribution is 7.10. The topological polar surface area (TPSA) is 33.5 Å². The molecule has 4 rings (SSSR count). The van der Waals surface area contributed by atoms with Gasteiger partial charge in [-0.3, -0.25) is 4.79 Å². The Labute approximate surface area is 166 Å². The van der Waals surface area contributed by atoms with Crippen molar-refractivity contribution in [1.29, 1.82) is 0 Å². The number of carbonyl (C=O) groups excluding carboxylic acids is 1. The molecule has 1 unspecified atom stereocenters. The van der Waals surface area contributed by atoms with Crippen LogP contribution >= 0.6 is 34.3 Å². The van der Waals surface area contributed by atoms with Crippen LogP contribution in [-0.2, 0) is 11.2 Å². The fourth-order valence-electron chi connectivity index (χ4n) is 3.62. The zero-order valence-corrected chi connectivity index (χ0v) is 16.8. The van der Waals surface area contributed by atoms with Crippen LogP contribution in [0.15, 0.2) is 47.2 Å². The van der Waals surface area contributed by atoms with Gasteiger partial charge in [0.05, 0.1) is 11.4 Å². The summed E-state index contributed by atoms with van der Waals surface area (Å²) >= 11 is 9.61. The van der Waals surface area contributed by atoms with Gasteiger partial charge in [0.25, 0.3) is 5.91 Å². The van der Waals surface area contributed by atoms with E-state index < -0.39 is 0 Å². The SMILES string of the molecule is Cc1cc(Cl)ccc1NC(=O)C[NH+]1CCc2sccc2[C@H]1c1cccs1. The number of quaternary nitrogens is 1. The Balaban J connectivity index is 1.54. The highest BCUT2D eigenvalue weighted by atomic mass is 35.5. The predicted molar refractivity (Wildman–Crippen MR) is 110 cm³/mol. The molecule has 0 fully saturated rings. The fourth-order valence-corrected chi connectivity index (χ4v) is 5.67. The number of aryl methyl sites for hydroxylation is 1. The van der Waals surface area contributed by atoms with E-state index in [1.165, 1.54) is 20.2 Å². The average molecular weight is 404 g/mol. The lowest BCUT2D eigenvalue weighted by molar-refractivity contribution is -0.919. The molecule has 1 aliphatic heterocycles. The van der Waals surface area contributed by atoms with Crippen molar-refractivity contribution in [1.82, 2.24) is 0 Å². The first-order chi connectivity index (χ1) is 12.6. The molecule has 2 aromatic heterocycles. The first-order valence-corrected chi connectivity index (χ1v) is 10.8. The van der Waals surface area contributed by atoms with Crippen LogP contribution < -0.4 is 10.2 Å². The number of halogens is 1. The molecule has 0 aliphatic carbocycles. The van der Waals surface area contributed by atoms with Crippen molar-refractivity contribution < 1.29 is 9.69 Å². The van der Waals surface area contributed by atoms with Crippen molar-refractivity contribution in [3.8, 4) is 0 Å². The van der Waals surface area contributed by atoms with Gasteiger partial charge in [-0.2, -0.15) is 0 Å². The average Bonchev–Trinajstić information content (AvgIpc) is 3.28. The minimum absolute atomic E-state index is 0.0469. The molecule has 0 spiro atoms. The number of carbonyl (C=O) groups is 1. The van der Waals surface area contributed by atoms with Crippen molar-refractivity contribution in [2.24, 2.45) is 0 Å². The molecule has 3 heterocycles. The van der Waals surface area contributed by atoms with Gasteiger partial charge in [-0.15, -0.1) is 22.7 Å². The van der Waals surface area contributed by atoms with Gasteiger partial charge in [-0.05, 0) is 53.6 Å². The first-order valence-electron chi connectivity index (χ1n) is 8.62. The van der Waals surface area contributed by atoms with E-state index in [9.17, 15) is 4.79 Å². The molecular formula is C20H20ClN2OS2+. The molecule has 26 heavy (non-hydrogen) atoms. The van der Waals surface area contributed by atoms with E-state index in [-0.39, 0.29) is 11.9 Å². The number of hydrogen-bond acceptors (Lipinski definition) is 3. The summed E-state index contributed by atoms with van der Waals surface area (Å²) in [7, 11) is 0. The van der Waals surface area contributed by atoms with E-state index >= 15 is 0 Å². The molecule has 0 saturated heterocycles. The van der Waals surface area contributed by atoms with Crippen LogP contribution in [0.3, 0.4) is 0 Å². The maximum Gasteiger partial charge on any atom is 0.279 e. The second-order valence-corrected chi connectivity index (χ2v) is 9.01. The zero-order chi connectivity index (χ0) is 18.1. The van der Waals surface area contributed by atoms with Crippen molar-refractivity contribution in [3.05, 3.63) is 73.1 Å². The molecule has 2 atom stereocenters. The van der Waals surface area contributed by atoms with Gasteiger partial charge in [0, 0.05) is 27.6 Å². The van der Waals surface area contributed by atoms with Gasteiger partial charge < -0.3 is 10.2 Å². The highest BCUT2D eigenvalue weighted by Crippen LogP contribution is 2.31. The Morgan fingerprint density at radius 1 is 1.27 bits per heavy atom. The molecule has 0 radical (unpaired) electrons. The van der Waals surface area contributed by atoms with Crippen molar-refractivity contribution in [2.45, 2.75) is 19.4 Å². The lowest BCUT2D eigenvalue weighted by Crippen LogP contribution is -3.14. The summed E-state index contributed by atoms with van der Waals surface area (Å²) in [6.45, 7) is 3.39. The number of nitrogens with one attached hydrogen (secondary N) is 2. The molecule has 1 aliphatic rings. The van der Waals surface area contributed by atoms with Crippen molar-refractivity contribution >= 4 is 45.9 Å². The van der Waals surface area contributed by atoms with E-state index in [1.807, 2.05) is 36.5 Å². The van der Waals surface area contributed by atoms with Gasteiger partial charge in [0.15, 0.2) is 6.54 Å². The van der Waals surface area contributed by atoms with Crippen LogP contribution in [0.1, 0.15) is 26.9 Å².